The van der Waals surface area contributed by atoms with Gasteiger partial charge in [-0.25, -0.2) is 0 Å². The summed E-state index contributed by atoms with van der Waals surface area (Å²) >= 11 is 0. The molecule has 4 nitrogen and oxygen atoms in total. The van der Waals surface area contributed by atoms with Crippen LogP contribution in [0.15, 0.2) is 89.1 Å². The number of carboxylic acid groups (broad SMARTS) is 1. The summed E-state index contributed by atoms with van der Waals surface area (Å²) in [5, 5.41) is 12.3. The van der Waals surface area contributed by atoms with Gasteiger partial charge in [-0.2, -0.15) is 0 Å². The predicted octanol–water partition coefficient (Wildman–Crippen LogP) is 6.47. The van der Waals surface area contributed by atoms with Gasteiger partial charge in [-0.05, 0) is 62.3 Å². The zero-order valence-corrected chi connectivity index (χ0v) is 19.1. The SMILES string of the molecule is CC(C=CC1=C(C)C(C(=O)O)CCC1(C)C)=CC=CC(C)=CC(=O)Nc1ccccc1. The maximum Gasteiger partial charge on any atom is 0.310 e. The molecule has 0 spiro atoms. The summed E-state index contributed by atoms with van der Waals surface area (Å²) in [7, 11) is 0. The first-order chi connectivity index (χ1) is 14.6. The van der Waals surface area contributed by atoms with Crippen molar-refractivity contribution in [3.63, 3.8) is 0 Å². The summed E-state index contributed by atoms with van der Waals surface area (Å²) in [6.45, 7) is 10.2. The first kappa shape index (κ1) is 24.1. The summed E-state index contributed by atoms with van der Waals surface area (Å²) in [5.41, 5.74) is 4.68. The smallest absolute Gasteiger partial charge is 0.310 e. The van der Waals surface area contributed by atoms with E-state index in [-0.39, 0.29) is 11.3 Å². The van der Waals surface area contributed by atoms with Crippen LogP contribution in [0, 0.1) is 11.3 Å². The van der Waals surface area contributed by atoms with Crippen molar-refractivity contribution in [2.75, 3.05) is 5.32 Å². The highest BCUT2D eigenvalue weighted by molar-refractivity contribution is 5.99. The minimum atomic E-state index is -0.743. The molecule has 2 rings (SSSR count). The largest absolute Gasteiger partial charge is 0.481 e. The van der Waals surface area contributed by atoms with Crippen LogP contribution in [0.1, 0.15) is 47.5 Å². The number of hydrogen-bond donors (Lipinski definition) is 2. The fourth-order valence-electron chi connectivity index (χ4n) is 3.82. The number of para-hydroxylation sites is 1. The fourth-order valence-corrected chi connectivity index (χ4v) is 3.82. The summed E-state index contributed by atoms with van der Waals surface area (Å²) in [4.78, 5) is 23.6. The van der Waals surface area contributed by atoms with Crippen LogP contribution in [0.25, 0.3) is 0 Å². The Morgan fingerprint density at radius 3 is 2.42 bits per heavy atom. The van der Waals surface area contributed by atoms with E-state index in [1.54, 1.807) is 6.08 Å². The van der Waals surface area contributed by atoms with Gasteiger partial charge in [-0.1, -0.05) is 73.6 Å². The highest BCUT2D eigenvalue weighted by atomic mass is 16.4. The highest BCUT2D eigenvalue weighted by Crippen LogP contribution is 2.43. The van der Waals surface area contributed by atoms with E-state index in [0.717, 1.165) is 34.4 Å². The Kier molecular flexibility index (Phi) is 8.38. The van der Waals surface area contributed by atoms with Gasteiger partial charge < -0.3 is 10.4 Å². The number of amides is 1. The number of carbonyl (C=O) groups excluding carboxylic acids is 1. The summed E-state index contributed by atoms with van der Waals surface area (Å²) in [6, 6.07) is 9.35. The van der Waals surface area contributed by atoms with Crippen molar-refractivity contribution in [1.29, 1.82) is 0 Å². The number of hydrogen-bond acceptors (Lipinski definition) is 2. The molecule has 1 aliphatic carbocycles. The molecule has 0 fully saturated rings. The van der Waals surface area contributed by atoms with Crippen molar-refractivity contribution in [3.8, 4) is 0 Å². The fraction of sp³-hybridized carbons (Fsp3) is 0.333. The van der Waals surface area contributed by atoms with Gasteiger partial charge in [0.05, 0.1) is 5.92 Å². The Labute approximate surface area is 185 Å². The quantitative estimate of drug-likeness (QED) is 0.393. The van der Waals surface area contributed by atoms with Crippen LogP contribution in [0.2, 0.25) is 0 Å². The molecule has 1 aliphatic rings. The second kappa shape index (κ2) is 10.8. The molecule has 1 unspecified atom stereocenters. The molecule has 0 aliphatic heterocycles. The number of nitrogens with one attached hydrogen (secondary N) is 1. The topological polar surface area (TPSA) is 66.4 Å². The third-order valence-electron chi connectivity index (χ3n) is 5.66. The van der Waals surface area contributed by atoms with Gasteiger partial charge in [-0.3, -0.25) is 9.59 Å². The summed E-state index contributed by atoms with van der Waals surface area (Å²) < 4.78 is 0. The second-order valence-corrected chi connectivity index (χ2v) is 8.76. The molecule has 1 aromatic rings. The molecule has 0 heterocycles. The third-order valence-corrected chi connectivity index (χ3v) is 5.66. The van der Waals surface area contributed by atoms with Crippen molar-refractivity contribution in [3.05, 3.63) is 89.1 Å². The lowest BCUT2D eigenvalue weighted by atomic mass is 9.69. The number of aliphatic carboxylic acids is 1. The Hall–Kier alpha value is -3.14. The Bertz CT molecular complexity index is 959. The van der Waals surface area contributed by atoms with Gasteiger partial charge in [0, 0.05) is 11.8 Å². The van der Waals surface area contributed by atoms with Gasteiger partial charge in [0.2, 0.25) is 5.91 Å². The number of anilines is 1. The monoisotopic (exact) mass is 419 g/mol. The molecule has 1 amide bonds. The van der Waals surface area contributed by atoms with Crippen LogP contribution in [0.3, 0.4) is 0 Å². The van der Waals surface area contributed by atoms with Gasteiger partial charge in [0.25, 0.3) is 0 Å². The van der Waals surface area contributed by atoms with Gasteiger partial charge in [0.1, 0.15) is 0 Å². The molecule has 4 heteroatoms. The minimum Gasteiger partial charge on any atom is -0.481 e. The molecule has 31 heavy (non-hydrogen) atoms. The number of benzene rings is 1. The first-order valence-corrected chi connectivity index (χ1v) is 10.6. The van der Waals surface area contributed by atoms with Crippen LogP contribution < -0.4 is 5.32 Å². The third kappa shape index (κ3) is 7.25. The molecule has 0 saturated carbocycles. The zero-order chi connectivity index (χ0) is 23.0. The van der Waals surface area contributed by atoms with E-state index < -0.39 is 11.9 Å². The van der Waals surface area contributed by atoms with E-state index in [1.165, 1.54) is 0 Å². The van der Waals surface area contributed by atoms with Crippen molar-refractivity contribution >= 4 is 17.6 Å². The van der Waals surface area contributed by atoms with Crippen LogP contribution >= 0.6 is 0 Å². The van der Waals surface area contributed by atoms with Gasteiger partial charge >= 0.3 is 5.97 Å². The molecule has 0 aromatic heterocycles. The van der Waals surface area contributed by atoms with Crippen LogP contribution in [0.5, 0.6) is 0 Å². The van der Waals surface area contributed by atoms with Crippen LogP contribution in [0.4, 0.5) is 5.69 Å². The number of allylic oxidation sites excluding steroid dienone is 8. The van der Waals surface area contributed by atoms with E-state index in [1.807, 2.05) is 75.4 Å². The average molecular weight is 420 g/mol. The molecule has 1 atom stereocenters. The summed E-state index contributed by atoms with van der Waals surface area (Å²) in [6.07, 6.45) is 13.0. The maximum atomic E-state index is 12.1. The molecule has 164 valence electrons. The molecule has 0 radical (unpaired) electrons. The van der Waals surface area contributed by atoms with E-state index in [2.05, 4.69) is 25.2 Å². The first-order valence-electron chi connectivity index (χ1n) is 10.6. The molecule has 0 saturated heterocycles. The summed E-state index contributed by atoms with van der Waals surface area (Å²) in [5.74, 6) is -1.30. The van der Waals surface area contributed by atoms with Gasteiger partial charge in [-0.15, -0.1) is 0 Å². The standard InChI is InChI=1S/C27H33NO3/c1-19(14-15-24-21(3)23(26(30)31)16-17-27(24,4)5)10-9-11-20(2)18-25(29)28-22-12-7-6-8-13-22/h6-15,18,23H,16-17H2,1-5H3,(H,28,29)(H,30,31). The number of carboxylic acids is 1. The maximum absolute atomic E-state index is 12.1. The van der Waals surface area contributed by atoms with Gasteiger partial charge in [0.15, 0.2) is 0 Å². The van der Waals surface area contributed by atoms with E-state index in [4.69, 9.17) is 0 Å². The lowest BCUT2D eigenvalue weighted by Gasteiger charge is -2.35. The minimum absolute atomic E-state index is 0.0336. The molecular formula is C27H33NO3. The van der Waals surface area contributed by atoms with Crippen molar-refractivity contribution < 1.29 is 14.7 Å². The second-order valence-electron chi connectivity index (χ2n) is 8.76. The molecule has 2 N–H and O–H groups in total. The van der Waals surface area contributed by atoms with E-state index in [0.29, 0.717) is 6.42 Å². The highest BCUT2D eigenvalue weighted by Gasteiger charge is 2.34. The molecule has 1 aromatic carbocycles. The lowest BCUT2D eigenvalue weighted by Crippen LogP contribution is -2.28. The molecular weight excluding hydrogens is 386 g/mol. The van der Waals surface area contributed by atoms with Crippen molar-refractivity contribution in [2.45, 2.75) is 47.5 Å². The predicted molar refractivity (Wildman–Crippen MR) is 128 cm³/mol. The Morgan fingerprint density at radius 2 is 1.77 bits per heavy atom. The van der Waals surface area contributed by atoms with E-state index in [9.17, 15) is 14.7 Å². The molecule has 0 bridgehead atoms. The lowest BCUT2D eigenvalue weighted by molar-refractivity contribution is -0.141. The van der Waals surface area contributed by atoms with E-state index >= 15 is 0 Å². The van der Waals surface area contributed by atoms with Crippen LogP contribution in [-0.4, -0.2) is 17.0 Å². The number of carbonyl (C=O) groups is 2. The average Bonchev–Trinajstić information content (AvgIpc) is 2.67. The number of rotatable bonds is 7. The van der Waals surface area contributed by atoms with Crippen molar-refractivity contribution in [2.24, 2.45) is 11.3 Å². The normalized spacial score (nSPS) is 19.8. The zero-order valence-electron chi connectivity index (χ0n) is 19.1. The Morgan fingerprint density at radius 1 is 1.10 bits per heavy atom. The van der Waals surface area contributed by atoms with Crippen molar-refractivity contribution in [1.82, 2.24) is 0 Å². The van der Waals surface area contributed by atoms with Crippen LogP contribution in [-0.2, 0) is 9.59 Å². The Balaban J connectivity index is 2.04.